The lowest BCUT2D eigenvalue weighted by Gasteiger charge is -2.28. The van der Waals surface area contributed by atoms with Crippen molar-refractivity contribution in [3.05, 3.63) is 58.9 Å². The Morgan fingerprint density at radius 2 is 2.15 bits per heavy atom. The Morgan fingerprint density at radius 1 is 1.35 bits per heavy atom. The molecule has 3 rings (SSSR count). The molecule has 3 amide bonds. The number of hydrogen-bond acceptors (Lipinski definition) is 4. The van der Waals surface area contributed by atoms with Gasteiger partial charge in [0.15, 0.2) is 0 Å². The van der Waals surface area contributed by atoms with E-state index in [0.29, 0.717) is 11.4 Å². The molecule has 0 unspecified atom stereocenters. The van der Waals surface area contributed by atoms with Crippen molar-refractivity contribution in [3.63, 3.8) is 0 Å². The number of benzene rings is 1. The molecule has 0 spiro atoms. The predicted molar refractivity (Wildman–Crippen MR) is 86.6 cm³/mol. The van der Waals surface area contributed by atoms with E-state index in [1.165, 1.54) is 17.0 Å². The summed E-state index contributed by atoms with van der Waals surface area (Å²) in [6, 6.07) is 7.55. The van der Waals surface area contributed by atoms with Crippen molar-refractivity contribution in [3.8, 4) is 6.07 Å². The molecule has 2 N–H and O–H groups in total. The number of amides is 3. The van der Waals surface area contributed by atoms with Crippen molar-refractivity contribution in [1.29, 1.82) is 5.26 Å². The zero-order valence-corrected chi connectivity index (χ0v) is 13.4. The van der Waals surface area contributed by atoms with Gasteiger partial charge in [-0.05, 0) is 18.2 Å². The Morgan fingerprint density at radius 3 is 2.88 bits per heavy atom. The van der Waals surface area contributed by atoms with Gasteiger partial charge in [-0.25, -0.2) is 18.6 Å². The number of fused-ring (bicyclic) bond motifs is 1. The van der Waals surface area contributed by atoms with E-state index >= 15 is 0 Å². The smallest absolute Gasteiger partial charge is 0.322 e. The summed E-state index contributed by atoms with van der Waals surface area (Å²) in [4.78, 5) is 29.4. The minimum atomic E-state index is -0.761. The lowest BCUT2D eigenvalue weighted by atomic mass is 10.2. The average molecular weight is 357 g/mol. The molecule has 0 saturated carbocycles. The Labute approximate surface area is 147 Å². The van der Waals surface area contributed by atoms with Crippen LogP contribution in [-0.4, -0.2) is 28.4 Å². The molecular weight excluding hydrogens is 344 g/mol. The lowest BCUT2D eigenvalue weighted by molar-refractivity contribution is -0.121. The average Bonchev–Trinajstić information content (AvgIpc) is 2.61. The van der Waals surface area contributed by atoms with Crippen LogP contribution in [0.5, 0.6) is 0 Å². The maximum Gasteiger partial charge on any atom is 0.322 e. The van der Waals surface area contributed by atoms with E-state index in [1.807, 2.05) is 6.07 Å². The van der Waals surface area contributed by atoms with Crippen molar-refractivity contribution in [2.75, 3.05) is 11.9 Å². The summed E-state index contributed by atoms with van der Waals surface area (Å²) in [6.45, 7) is -0.338. The molecule has 0 fully saturated rings. The van der Waals surface area contributed by atoms with Crippen LogP contribution in [0, 0.1) is 23.0 Å². The van der Waals surface area contributed by atoms with Crippen LogP contribution in [0.4, 0.5) is 19.3 Å². The largest absolute Gasteiger partial charge is 0.350 e. The van der Waals surface area contributed by atoms with Gasteiger partial charge in [0.2, 0.25) is 5.91 Å². The summed E-state index contributed by atoms with van der Waals surface area (Å²) in [5.74, 6) is -1.97. The van der Waals surface area contributed by atoms with Crippen molar-refractivity contribution in [2.45, 2.75) is 13.1 Å². The van der Waals surface area contributed by atoms with Gasteiger partial charge in [-0.1, -0.05) is 6.07 Å². The number of anilines is 1. The predicted octanol–water partition coefficient (Wildman–Crippen LogP) is 1.90. The van der Waals surface area contributed by atoms with Gasteiger partial charge in [-0.15, -0.1) is 0 Å². The van der Waals surface area contributed by atoms with Gasteiger partial charge in [0.1, 0.15) is 29.9 Å². The minimum absolute atomic E-state index is 0.0645. The number of hydrogen-bond donors (Lipinski definition) is 2. The maximum atomic E-state index is 13.6. The monoisotopic (exact) mass is 357 g/mol. The fourth-order valence-corrected chi connectivity index (χ4v) is 2.46. The molecule has 0 saturated heterocycles. The van der Waals surface area contributed by atoms with Gasteiger partial charge in [0.25, 0.3) is 0 Å². The van der Waals surface area contributed by atoms with Crippen LogP contribution in [0.1, 0.15) is 17.0 Å². The third-order valence-corrected chi connectivity index (χ3v) is 3.78. The number of carbonyl (C=O) groups is 2. The molecule has 132 valence electrons. The van der Waals surface area contributed by atoms with Gasteiger partial charge in [-0.2, -0.15) is 5.26 Å². The summed E-state index contributed by atoms with van der Waals surface area (Å²) in [5.41, 5.74) is 1.30. The first-order chi connectivity index (χ1) is 12.5. The zero-order valence-electron chi connectivity index (χ0n) is 13.4. The van der Waals surface area contributed by atoms with Gasteiger partial charge in [-0.3, -0.25) is 4.79 Å². The van der Waals surface area contributed by atoms with E-state index in [2.05, 4.69) is 15.6 Å². The number of pyridine rings is 1. The standard InChI is InChI=1S/C17H13F2N5O2/c18-11-2-1-10(13(19)5-11)7-21-16(25)9-24-8-15-14(23-17(24)26)4-3-12(6-20)22-15/h1-5H,7-9H2,(H,21,25)(H,23,26). The van der Waals surface area contributed by atoms with E-state index < -0.39 is 23.6 Å². The third kappa shape index (κ3) is 3.75. The fourth-order valence-electron chi connectivity index (χ4n) is 2.46. The molecule has 1 aromatic heterocycles. The normalized spacial score (nSPS) is 12.8. The Hall–Kier alpha value is -3.54. The molecule has 0 radical (unpaired) electrons. The molecule has 9 heteroatoms. The van der Waals surface area contributed by atoms with Crippen LogP contribution < -0.4 is 10.6 Å². The summed E-state index contributed by atoms with van der Waals surface area (Å²) in [5, 5.41) is 14.0. The summed E-state index contributed by atoms with van der Waals surface area (Å²) < 4.78 is 26.4. The molecule has 0 aliphatic carbocycles. The molecule has 1 aliphatic rings. The second-order valence-corrected chi connectivity index (χ2v) is 5.60. The number of nitriles is 1. The van der Waals surface area contributed by atoms with Crippen molar-refractivity contribution < 1.29 is 18.4 Å². The van der Waals surface area contributed by atoms with Crippen LogP contribution in [0.3, 0.4) is 0 Å². The van der Waals surface area contributed by atoms with E-state index in [-0.39, 0.29) is 30.9 Å². The number of rotatable bonds is 4. The first kappa shape index (κ1) is 17.3. The van der Waals surface area contributed by atoms with Gasteiger partial charge >= 0.3 is 6.03 Å². The number of urea groups is 1. The lowest BCUT2D eigenvalue weighted by Crippen LogP contribution is -2.45. The molecule has 7 nitrogen and oxygen atoms in total. The van der Waals surface area contributed by atoms with Gasteiger partial charge in [0.05, 0.1) is 17.9 Å². The summed E-state index contributed by atoms with van der Waals surface area (Å²) >= 11 is 0. The molecule has 2 heterocycles. The maximum absolute atomic E-state index is 13.6. The Kier molecular flexibility index (Phi) is 4.75. The Balaban J connectivity index is 1.62. The van der Waals surface area contributed by atoms with Crippen LogP contribution in [0.15, 0.2) is 30.3 Å². The van der Waals surface area contributed by atoms with E-state index in [1.54, 1.807) is 6.07 Å². The molecule has 26 heavy (non-hydrogen) atoms. The molecule has 2 aromatic rings. The number of aromatic nitrogens is 1. The SMILES string of the molecule is N#Cc1ccc2c(n1)CN(CC(=O)NCc1ccc(F)cc1F)C(=O)N2. The Bertz CT molecular complexity index is 926. The topological polar surface area (TPSA) is 98.1 Å². The quantitative estimate of drug-likeness (QED) is 0.873. The number of halogens is 2. The molecule has 0 atom stereocenters. The minimum Gasteiger partial charge on any atom is -0.350 e. The first-order valence-corrected chi connectivity index (χ1v) is 7.63. The van der Waals surface area contributed by atoms with Crippen LogP contribution in [-0.2, 0) is 17.9 Å². The molecule has 1 aliphatic heterocycles. The third-order valence-electron chi connectivity index (χ3n) is 3.78. The number of nitrogens with one attached hydrogen (secondary N) is 2. The summed E-state index contributed by atoms with van der Waals surface area (Å²) in [6.07, 6.45) is 0. The fraction of sp³-hybridized carbons (Fsp3) is 0.176. The molecule has 1 aromatic carbocycles. The summed E-state index contributed by atoms with van der Waals surface area (Å²) in [7, 11) is 0. The van der Waals surface area contributed by atoms with Crippen LogP contribution in [0.2, 0.25) is 0 Å². The highest BCUT2D eigenvalue weighted by atomic mass is 19.1. The highest BCUT2D eigenvalue weighted by Crippen LogP contribution is 2.21. The van der Waals surface area contributed by atoms with Crippen LogP contribution >= 0.6 is 0 Å². The number of nitrogens with zero attached hydrogens (tertiary/aromatic N) is 3. The number of carbonyl (C=O) groups excluding carboxylic acids is 2. The van der Waals surface area contributed by atoms with E-state index in [4.69, 9.17) is 5.26 Å². The van der Waals surface area contributed by atoms with E-state index in [9.17, 15) is 18.4 Å². The highest BCUT2D eigenvalue weighted by Gasteiger charge is 2.25. The van der Waals surface area contributed by atoms with Crippen molar-refractivity contribution in [2.24, 2.45) is 0 Å². The van der Waals surface area contributed by atoms with Gasteiger partial charge in [0, 0.05) is 18.2 Å². The first-order valence-electron chi connectivity index (χ1n) is 7.63. The zero-order chi connectivity index (χ0) is 18.7. The highest BCUT2D eigenvalue weighted by molar-refractivity contribution is 5.94. The second-order valence-electron chi connectivity index (χ2n) is 5.60. The van der Waals surface area contributed by atoms with Crippen molar-refractivity contribution >= 4 is 17.6 Å². The van der Waals surface area contributed by atoms with Crippen molar-refractivity contribution in [1.82, 2.24) is 15.2 Å². The molecular formula is C17H13F2N5O2. The van der Waals surface area contributed by atoms with Gasteiger partial charge < -0.3 is 15.5 Å². The second kappa shape index (κ2) is 7.14. The van der Waals surface area contributed by atoms with Crippen LogP contribution in [0.25, 0.3) is 0 Å². The van der Waals surface area contributed by atoms with E-state index in [0.717, 1.165) is 12.1 Å². The molecule has 0 bridgehead atoms.